The Morgan fingerprint density at radius 3 is 2.58 bits per heavy atom. The van der Waals surface area contributed by atoms with Gasteiger partial charge >= 0.3 is 0 Å². The van der Waals surface area contributed by atoms with E-state index in [0.717, 1.165) is 6.42 Å². The lowest BCUT2D eigenvalue weighted by Crippen LogP contribution is -2.49. The number of benzene rings is 2. The summed E-state index contributed by atoms with van der Waals surface area (Å²) in [4.78, 5) is 21.7. The third kappa shape index (κ3) is 4.94. The number of aliphatic imine (C=N–C) groups is 1. The Balaban J connectivity index is 1.57. The van der Waals surface area contributed by atoms with Gasteiger partial charge in [0.2, 0.25) is 0 Å². The van der Waals surface area contributed by atoms with Gasteiger partial charge in [-0.15, -0.1) is 0 Å². The fourth-order valence-electron chi connectivity index (χ4n) is 3.76. The molecule has 2 aromatic rings. The average molecular weight is 423 g/mol. The van der Waals surface area contributed by atoms with Gasteiger partial charge in [0.15, 0.2) is 5.96 Å². The van der Waals surface area contributed by atoms with Gasteiger partial charge in [0.1, 0.15) is 5.82 Å². The normalized spacial score (nSPS) is 16.6. The zero-order chi connectivity index (χ0) is 21.6. The summed E-state index contributed by atoms with van der Waals surface area (Å²) in [6.45, 7) is 3.42. The second kappa shape index (κ2) is 9.75. The molecule has 0 spiro atoms. The van der Waals surface area contributed by atoms with Gasteiger partial charge in [-0.3, -0.25) is 4.79 Å². The first-order chi connectivity index (χ1) is 15.1. The summed E-state index contributed by atoms with van der Waals surface area (Å²) in [7, 11) is 1.78. The third-order valence-corrected chi connectivity index (χ3v) is 5.56. The van der Waals surface area contributed by atoms with Gasteiger partial charge in [-0.25, -0.2) is 9.38 Å². The summed E-state index contributed by atoms with van der Waals surface area (Å²) >= 11 is 0. The lowest BCUT2D eigenvalue weighted by atomic mass is 10.0. The standard InChI is InChI=1S/C24H27FN4O2/c1-28(12-11-18-7-3-2-4-8-18)23(30)20-17-26-24(29-13-15-31-16-14-29)27-22(20)19-9-5-6-10-21(19)25/h2-10H,11-17H2,1H3,(H,26,27). The molecule has 1 saturated heterocycles. The van der Waals surface area contributed by atoms with E-state index in [1.165, 1.54) is 11.6 Å². The van der Waals surface area contributed by atoms with Crippen LogP contribution < -0.4 is 5.32 Å². The number of carbonyl (C=O) groups is 1. The molecule has 0 radical (unpaired) electrons. The topological polar surface area (TPSA) is 57.2 Å². The zero-order valence-electron chi connectivity index (χ0n) is 17.7. The van der Waals surface area contributed by atoms with Gasteiger partial charge in [0.25, 0.3) is 5.91 Å². The van der Waals surface area contributed by atoms with E-state index in [2.05, 4.69) is 15.2 Å². The molecule has 2 aliphatic rings. The number of carbonyl (C=O) groups excluding carboxylic acids is 1. The summed E-state index contributed by atoms with van der Waals surface area (Å²) in [5.74, 6) is 0.141. The lowest BCUT2D eigenvalue weighted by Gasteiger charge is -2.33. The van der Waals surface area contributed by atoms with Crippen molar-refractivity contribution in [2.45, 2.75) is 6.42 Å². The summed E-state index contributed by atoms with van der Waals surface area (Å²) < 4.78 is 20.1. The Morgan fingerprint density at radius 2 is 1.84 bits per heavy atom. The fourth-order valence-corrected chi connectivity index (χ4v) is 3.76. The second-order valence-corrected chi connectivity index (χ2v) is 7.66. The molecule has 2 heterocycles. The Hall–Kier alpha value is -3.19. The van der Waals surface area contributed by atoms with Gasteiger partial charge in [0.05, 0.1) is 31.0 Å². The van der Waals surface area contributed by atoms with Crippen molar-refractivity contribution in [3.8, 4) is 0 Å². The van der Waals surface area contributed by atoms with Crippen molar-refractivity contribution in [2.75, 3.05) is 46.4 Å². The van der Waals surface area contributed by atoms with Crippen LogP contribution in [0.4, 0.5) is 4.39 Å². The van der Waals surface area contributed by atoms with E-state index in [4.69, 9.17) is 4.74 Å². The smallest absolute Gasteiger partial charge is 0.253 e. The average Bonchev–Trinajstić information content (AvgIpc) is 2.83. The summed E-state index contributed by atoms with van der Waals surface area (Å²) in [6.07, 6.45) is 0.751. The minimum Gasteiger partial charge on any atom is -0.378 e. The highest BCUT2D eigenvalue weighted by molar-refractivity contribution is 6.06. The highest BCUT2D eigenvalue weighted by atomic mass is 19.1. The van der Waals surface area contributed by atoms with Crippen LogP contribution in [0, 0.1) is 5.82 Å². The molecule has 0 aliphatic carbocycles. The van der Waals surface area contributed by atoms with Crippen LogP contribution in [0.5, 0.6) is 0 Å². The van der Waals surface area contributed by atoms with Crippen LogP contribution in [0.15, 0.2) is 65.2 Å². The van der Waals surface area contributed by atoms with Crippen molar-refractivity contribution in [2.24, 2.45) is 4.99 Å². The number of rotatable bonds is 5. The lowest BCUT2D eigenvalue weighted by molar-refractivity contribution is -0.125. The van der Waals surface area contributed by atoms with E-state index in [9.17, 15) is 9.18 Å². The molecule has 162 valence electrons. The minimum atomic E-state index is -0.370. The number of likely N-dealkylation sites (N-methyl/N-ethyl adjacent to an activating group) is 1. The second-order valence-electron chi connectivity index (χ2n) is 7.66. The molecular formula is C24H27FN4O2. The number of halogens is 1. The first-order valence-corrected chi connectivity index (χ1v) is 10.5. The van der Waals surface area contributed by atoms with E-state index < -0.39 is 0 Å². The summed E-state index contributed by atoms with van der Waals surface area (Å²) in [5.41, 5.74) is 2.51. The first kappa shape index (κ1) is 21.1. The van der Waals surface area contributed by atoms with Crippen LogP contribution in [0.1, 0.15) is 11.1 Å². The molecule has 31 heavy (non-hydrogen) atoms. The molecule has 2 aliphatic heterocycles. The van der Waals surface area contributed by atoms with Crippen LogP contribution in [0.25, 0.3) is 5.70 Å². The quantitative estimate of drug-likeness (QED) is 0.805. The maximum atomic E-state index is 14.7. The number of nitrogens with one attached hydrogen (secondary N) is 1. The molecule has 0 unspecified atom stereocenters. The molecule has 1 N–H and O–H groups in total. The van der Waals surface area contributed by atoms with Gasteiger partial charge in [0, 0.05) is 32.2 Å². The number of hydrogen-bond donors (Lipinski definition) is 1. The number of ether oxygens (including phenoxy) is 1. The van der Waals surface area contributed by atoms with E-state index >= 15 is 0 Å². The Bertz CT molecular complexity index is 984. The predicted molar refractivity (Wildman–Crippen MR) is 119 cm³/mol. The van der Waals surface area contributed by atoms with E-state index in [-0.39, 0.29) is 18.3 Å². The number of hydrogen-bond acceptors (Lipinski definition) is 5. The highest BCUT2D eigenvalue weighted by Gasteiger charge is 2.28. The van der Waals surface area contributed by atoms with E-state index in [1.807, 2.05) is 30.3 Å². The molecule has 4 rings (SSSR count). The van der Waals surface area contributed by atoms with Gasteiger partial charge in [-0.2, -0.15) is 0 Å². The molecule has 1 amide bonds. The molecule has 1 fully saturated rings. The number of morpholine rings is 1. The number of nitrogens with zero attached hydrogens (tertiary/aromatic N) is 3. The van der Waals surface area contributed by atoms with Crippen molar-refractivity contribution in [3.63, 3.8) is 0 Å². The highest BCUT2D eigenvalue weighted by Crippen LogP contribution is 2.24. The van der Waals surface area contributed by atoms with Crippen molar-refractivity contribution in [1.82, 2.24) is 15.1 Å². The largest absolute Gasteiger partial charge is 0.378 e. The molecule has 6 nitrogen and oxygen atoms in total. The van der Waals surface area contributed by atoms with Crippen LogP contribution in [-0.4, -0.2) is 68.1 Å². The van der Waals surface area contributed by atoms with Gasteiger partial charge in [-0.05, 0) is 24.1 Å². The maximum absolute atomic E-state index is 14.7. The third-order valence-electron chi connectivity index (χ3n) is 5.56. The molecule has 0 saturated carbocycles. The van der Waals surface area contributed by atoms with Crippen LogP contribution in [0.3, 0.4) is 0 Å². The minimum absolute atomic E-state index is 0.147. The van der Waals surface area contributed by atoms with E-state index in [1.54, 1.807) is 30.1 Å². The monoisotopic (exact) mass is 422 g/mol. The maximum Gasteiger partial charge on any atom is 0.253 e. The molecular weight excluding hydrogens is 395 g/mol. The van der Waals surface area contributed by atoms with Gasteiger partial charge < -0.3 is 19.9 Å². The summed E-state index contributed by atoms with van der Waals surface area (Å²) in [6, 6.07) is 16.6. The van der Waals surface area contributed by atoms with Crippen LogP contribution in [0.2, 0.25) is 0 Å². The predicted octanol–water partition coefficient (Wildman–Crippen LogP) is 2.53. The van der Waals surface area contributed by atoms with E-state index in [0.29, 0.717) is 55.6 Å². The number of amides is 1. The van der Waals surface area contributed by atoms with Gasteiger partial charge in [-0.1, -0.05) is 42.5 Å². The molecule has 7 heteroatoms. The Kier molecular flexibility index (Phi) is 6.62. The zero-order valence-corrected chi connectivity index (χ0v) is 17.7. The molecule has 0 atom stereocenters. The number of guanidine groups is 1. The molecule has 2 aromatic carbocycles. The summed E-state index contributed by atoms with van der Waals surface area (Å²) in [5, 5.41) is 3.25. The van der Waals surface area contributed by atoms with Crippen molar-refractivity contribution < 1.29 is 13.9 Å². The van der Waals surface area contributed by atoms with Crippen LogP contribution >= 0.6 is 0 Å². The van der Waals surface area contributed by atoms with Crippen molar-refractivity contribution in [3.05, 3.63) is 77.1 Å². The first-order valence-electron chi connectivity index (χ1n) is 10.5. The fraction of sp³-hybridized carbons (Fsp3) is 0.333. The molecule has 0 bridgehead atoms. The SMILES string of the molecule is CN(CCc1ccccc1)C(=O)C1=C(c2ccccc2F)NC(N2CCOCC2)=NC1. The van der Waals surface area contributed by atoms with Crippen molar-refractivity contribution in [1.29, 1.82) is 0 Å². The van der Waals surface area contributed by atoms with Crippen molar-refractivity contribution >= 4 is 17.6 Å². The Morgan fingerprint density at radius 1 is 1.13 bits per heavy atom. The van der Waals surface area contributed by atoms with Crippen LogP contribution in [-0.2, 0) is 16.0 Å². The molecule has 0 aromatic heterocycles. The Labute approximate surface area is 182 Å².